The first-order valence-electron chi connectivity index (χ1n) is 8.88. The Morgan fingerprint density at radius 1 is 1.16 bits per heavy atom. The van der Waals surface area contributed by atoms with Crippen LogP contribution in [-0.2, 0) is 6.54 Å². The zero-order valence-electron chi connectivity index (χ0n) is 14.0. The molecule has 5 rings (SSSR count). The van der Waals surface area contributed by atoms with E-state index in [0.717, 1.165) is 49.4 Å². The molecule has 1 saturated heterocycles. The van der Waals surface area contributed by atoms with Crippen LogP contribution in [0.15, 0.2) is 12.4 Å². The van der Waals surface area contributed by atoms with Crippen LogP contribution in [0.2, 0.25) is 0 Å². The van der Waals surface area contributed by atoms with Gasteiger partial charge in [-0.2, -0.15) is 15.1 Å². The van der Waals surface area contributed by atoms with Gasteiger partial charge in [0.25, 0.3) is 0 Å². The molecule has 3 N–H and O–H groups in total. The molecule has 0 bridgehead atoms. The van der Waals surface area contributed by atoms with E-state index in [4.69, 9.17) is 5.73 Å². The number of hydrogen-bond donors (Lipinski definition) is 2. The first kappa shape index (κ1) is 14.6. The average molecular weight is 339 g/mol. The number of H-pyrrole nitrogens is 1. The number of fused-ring (bicyclic) bond motifs is 1. The summed E-state index contributed by atoms with van der Waals surface area (Å²) in [7, 11) is 0. The van der Waals surface area contributed by atoms with E-state index in [1.165, 1.54) is 12.8 Å². The maximum atomic E-state index is 5.84. The van der Waals surface area contributed by atoms with E-state index in [-0.39, 0.29) is 5.95 Å². The highest BCUT2D eigenvalue weighted by Crippen LogP contribution is 2.38. The van der Waals surface area contributed by atoms with E-state index < -0.39 is 0 Å². The van der Waals surface area contributed by atoms with Gasteiger partial charge >= 0.3 is 0 Å². The molecule has 2 fully saturated rings. The molecule has 1 aliphatic carbocycles. The Bertz CT molecular complexity index is 886. The predicted molar refractivity (Wildman–Crippen MR) is 93.0 cm³/mol. The van der Waals surface area contributed by atoms with E-state index in [1.807, 2.05) is 4.68 Å². The molecular weight excluding hydrogens is 318 g/mol. The Morgan fingerprint density at radius 2 is 2.00 bits per heavy atom. The lowest BCUT2D eigenvalue weighted by molar-refractivity contribution is 0.338. The highest BCUT2D eigenvalue weighted by molar-refractivity contribution is 5.87. The van der Waals surface area contributed by atoms with E-state index in [9.17, 15) is 0 Å². The van der Waals surface area contributed by atoms with Gasteiger partial charge in [-0.1, -0.05) is 5.21 Å². The maximum Gasteiger partial charge on any atom is 0.224 e. The molecule has 0 radical (unpaired) electrons. The molecule has 0 amide bonds. The van der Waals surface area contributed by atoms with E-state index in [2.05, 4.69) is 41.6 Å². The summed E-state index contributed by atoms with van der Waals surface area (Å²) < 4.78 is 2.02. The van der Waals surface area contributed by atoms with Gasteiger partial charge in [0.15, 0.2) is 5.65 Å². The van der Waals surface area contributed by atoms with Crippen LogP contribution in [0.4, 0.5) is 11.8 Å². The smallest absolute Gasteiger partial charge is 0.224 e. The number of nitrogens with two attached hydrogens (primary N) is 1. The number of nitrogens with one attached hydrogen (secondary N) is 1. The minimum atomic E-state index is 0.282. The summed E-state index contributed by atoms with van der Waals surface area (Å²) in [4.78, 5) is 10.9. The van der Waals surface area contributed by atoms with Gasteiger partial charge in [0.2, 0.25) is 5.95 Å². The molecule has 130 valence electrons. The topological polar surface area (TPSA) is 114 Å². The van der Waals surface area contributed by atoms with Crippen LogP contribution in [-0.4, -0.2) is 48.2 Å². The molecule has 0 atom stereocenters. The second kappa shape index (κ2) is 5.68. The molecule has 0 aromatic carbocycles. The van der Waals surface area contributed by atoms with E-state index in [0.29, 0.717) is 17.5 Å². The van der Waals surface area contributed by atoms with Crippen molar-refractivity contribution in [3.63, 3.8) is 0 Å². The normalized spacial score (nSPS) is 19.0. The monoisotopic (exact) mass is 339 g/mol. The van der Waals surface area contributed by atoms with Gasteiger partial charge in [0.1, 0.15) is 5.82 Å². The van der Waals surface area contributed by atoms with Crippen LogP contribution in [0.3, 0.4) is 0 Å². The predicted octanol–water partition coefficient (Wildman–Crippen LogP) is 1.32. The molecule has 9 heteroatoms. The standard InChI is InChI=1S/C16H21N9/c17-16-19-14-12(7-18-22-14)15(20-16)24-5-3-10(4-6-24)8-25-9-13(21-23-25)11-1-2-11/h7,9-11H,1-6,8H2,(H3,17,18,19,20,22). The highest BCUT2D eigenvalue weighted by Gasteiger charge is 2.27. The summed E-state index contributed by atoms with van der Waals surface area (Å²) >= 11 is 0. The third-order valence-corrected chi connectivity index (χ3v) is 5.22. The summed E-state index contributed by atoms with van der Waals surface area (Å²) in [5.41, 5.74) is 7.69. The molecule has 2 aliphatic rings. The van der Waals surface area contributed by atoms with Crippen LogP contribution in [0.5, 0.6) is 0 Å². The van der Waals surface area contributed by atoms with Crippen molar-refractivity contribution in [3.8, 4) is 0 Å². The van der Waals surface area contributed by atoms with Crippen LogP contribution in [0, 0.1) is 5.92 Å². The summed E-state index contributed by atoms with van der Waals surface area (Å²) in [6, 6.07) is 0. The number of anilines is 2. The second-order valence-corrected chi connectivity index (χ2v) is 7.11. The summed E-state index contributed by atoms with van der Waals surface area (Å²) in [5.74, 6) is 2.44. The fourth-order valence-electron chi connectivity index (χ4n) is 3.64. The Morgan fingerprint density at radius 3 is 2.80 bits per heavy atom. The fraction of sp³-hybridized carbons (Fsp3) is 0.562. The number of hydrogen-bond acceptors (Lipinski definition) is 7. The van der Waals surface area contributed by atoms with Crippen LogP contribution < -0.4 is 10.6 Å². The molecule has 25 heavy (non-hydrogen) atoms. The summed E-state index contributed by atoms with van der Waals surface area (Å²) in [6.07, 6.45) is 8.63. The van der Waals surface area contributed by atoms with E-state index in [1.54, 1.807) is 6.20 Å². The molecule has 1 aliphatic heterocycles. The van der Waals surface area contributed by atoms with Gasteiger partial charge in [0, 0.05) is 31.7 Å². The van der Waals surface area contributed by atoms with Crippen molar-refractivity contribution in [2.45, 2.75) is 38.1 Å². The third kappa shape index (κ3) is 2.79. The second-order valence-electron chi connectivity index (χ2n) is 7.11. The Balaban J connectivity index is 1.26. The number of piperidine rings is 1. The fourth-order valence-corrected chi connectivity index (χ4v) is 3.64. The highest BCUT2D eigenvalue weighted by atomic mass is 15.4. The van der Waals surface area contributed by atoms with Crippen molar-refractivity contribution in [2.24, 2.45) is 5.92 Å². The van der Waals surface area contributed by atoms with Crippen molar-refractivity contribution in [1.82, 2.24) is 35.2 Å². The van der Waals surface area contributed by atoms with Gasteiger partial charge < -0.3 is 10.6 Å². The minimum absolute atomic E-state index is 0.282. The zero-order valence-corrected chi connectivity index (χ0v) is 14.0. The summed E-state index contributed by atoms with van der Waals surface area (Å²) in [6.45, 7) is 2.84. The Kier molecular flexibility index (Phi) is 3.32. The number of nitrogens with zero attached hydrogens (tertiary/aromatic N) is 7. The Hall–Kier alpha value is -2.71. The number of rotatable bonds is 4. The molecule has 0 spiro atoms. The molecule has 3 aromatic heterocycles. The minimum Gasteiger partial charge on any atom is -0.368 e. The van der Waals surface area contributed by atoms with Gasteiger partial charge in [-0.25, -0.2) is 0 Å². The molecule has 1 saturated carbocycles. The first-order valence-corrected chi connectivity index (χ1v) is 8.88. The van der Waals surface area contributed by atoms with Gasteiger partial charge in [0.05, 0.1) is 17.3 Å². The molecule has 0 unspecified atom stereocenters. The lowest BCUT2D eigenvalue weighted by Crippen LogP contribution is -2.35. The molecule has 9 nitrogen and oxygen atoms in total. The SMILES string of the molecule is Nc1nc(N2CCC(Cn3cc(C4CC4)nn3)CC2)c2cn[nH]c2n1. The Labute approximate surface area is 144 Å². The summed E-state index contributed by atoms with van der Waals surface area (Å²) in [5, 5.41) is 16.5. The zero-order chi connectivity index (χ0) is 16.8. The largest absolute Gasteiger partial charge is 0.368 e. The van der Waals surface area contributed by atoms with Crippen molar-refractivity contribution in [1.29, 1.82) is 0 Å². The average Bonchev–Trinajstić information content (AvgIpc) is 3.18. The number of nitrogen functional groups attached to an aromatic ring is 1. The molecular formula is C16H21N9. The van der Waals surface area contributed by atoms with Gasteiger partial charge in [-0.3, -0.25) is 9.78 Å². The third-order valence-electron chi connectivity index (χ3n) is 5.22. The van der Waals surface area contributed by atoms with Gasteiger partial charge in [-0.05, 0) is 31.6 Å². The molecule has 3 aromatic rings. The van der Waals surface area contributed by atoms with Crippen molar-refractivity contribution in [2.75, 3.05) is 23.7 Å². The van der Waals surface area contributed by atoms with Crippen molar-refractivity contribution in [3.05, 3.63) is 18.1 Å². The number of aromatic nitrogens is 7. The van der Waals surface area contributed by atoms with Crippen LogP contribution in [0.1, 0.15) is 37.3 Å². The lowest BCUT2D eigenvalue weighted by Gasteiger charge is -2.32. The quantitative estimate of drug-likeness (QED) is 0.736. The van der Waals surface area contributed by atoms with Crippen LogP contribution in [0.25, 0.3) is 11.0 Å². The first-order chi connectivity index (χ1) is 12.3. The lowest BCUT2D eigenvalue weighted by atomic mass is 9.96. The van der Waals surface area contributed by atoms with Crippen molar-refractivity contribution < 1.29 is 0 Å². The molecule has 4 heterocycles. The maximum absolute atomic E-state index is 5.84. The van der Waals surface area contributed by atoms with Crippen molar-refractivity contribution >= 4 is 22.8 Å². The van der Waals surface area contributed by atoms with E-state index >= 15 is 0 Å². The van der Waals surface area contributed by atoms with Crippen LogP contribution >= 0.6 is 0 Å². The number of aromatic amines is 1. The van der Waals surface area contributed by atoms with Gasteiger partial charge in [-0.15, -0.1) is 5.10 Å².